The molecule has 5 heteroatoms. The molecule has 2 rings (SSSR count). The van der Waals surface area contributed by atoms with Crippen LogP contribution in [0.1, 0.15) is 17.7 Å². The number of rotatable bonds is 3. The van der Waals surface area contributed by atoms with Gasteiger partial charge in [0.05, 0.1) is 0 Å². The van der Waals surface area contributed by atoms with Crippen LogP contribution in [0.3, 0.4) is 0 Å². The van der Waals surface area contributed by atoms with Gasteiger partial charge in [0.1, 0.15) is 0 Å². The second-order valence-electron chi connectivity index (χ2n) is 3.33. The Bertz CT molecular complexity index is 532. The second-order valence-corrected chi connectivity index (χ2v) is 4.58. The van der Waals surface area contributed by atoms with E-state index in [1.54, 1.807) is 10.6 Å². The molecule has 0 amide bonds. The van der Waals surface area contributed by atoms with Crippen LogP contribution in [0.15, 0.2) is 16.4 Å². The zero-order valence-corrected chi connectivity index (χ0v) is 9.94. The quantitative estimate of drug-likeness (QED) is 0.774. The second kappa shape index (κ2) is 4.33. The van der Waals surface area contributed by atoms with E-state index in [0.717, 1.165) is 22.6 Å². The zero-order chi connectivity index (χ0) is 10.8. The fourth-order valence-electron chi connectivity index (χ4n) is 1.55. The molecule has 2 heterocycles. The van der Waals surface area contributed by atoms with Crippen molar-refractivity contribution in [2.45, 2.75) is 19.8 Å². The van der Waals surface area contributed by atoms with Crippen LogP contribution in [0.25, 0.3) is 4.96 Å². The van der Waals surface area contributed by atoms with E-state index in [-0.39, 0.29) is 5.56 Å². The number of alkyl halides is 1. The molecule has 0 fully saturated rings. The number of thiazole rings is 1. The lowest BCUT2D eigenvalue weighted by atomic mass is 10.1. The van der Waals surface area contributed by atoms with Gasteiger partial charge in [0.2, 0.25) is 0 Å². The largest absolute Gasteiger partial charge is 0.269 e. The Kier molecular flexibility index (Phi) is 3.07. The summed E-state index contributed by atoms with van der Waals surface area (Å²) < 4.78 is 1.60. The average molecular weight is 243 g/mol. The highest BCUT2D eigenvalue weighted by Gasteiger charge is 2.09. The number of hydrogen-bond donors (Lipinski definition) is 0. The fourth-order valence-corrected chi connectivity index (χ4v) is 2.43. The number of aryl methyl sites for hydroxylation is 1. The lowest BCUT2D eigenvalue weighted by Gasteiger charge is -2.03. The predicted molar refractivity (Wildman–Crippen MR) is 63.1 cm³/mol. The Labute approximate surface area is 96.3 Å². The molecule has 0 aliphatic heterocycles. The van der Waals surface area contributed by atoms with Crippen LogP contribution >= 0.6 is 22.9 Å². The molecule has 2 aromatic heterocycles. The maximum Gasteiger partial charge on any atom is 0.261 e. The molecule has 3 nitrogen and oxygen atoms in total. The molecule has 0 aromatic carbocycles. The summed E-state index contributed by atoms with van der Waals surface area (Å²) in [6.07, 6.45) is 3.29. The average Bonchev–Trinajstić information content (AvgIpc) is 2.65. The summed E-state index contributed by atoms with van der Waals surface area (Å²) in [4.78, 5) is 17.1. The molecule has 0 N–H and O–H groups in total. The first kappa shape index (κ1) is 10.6. The van der Waals surface area contributed by atoms with Gasteiger partial charge in [-0.1, -0.05) is 0 Å². The maximum absolute atomic E-state index is 12.0. The van der Waals surface area contributed by atoms with Crippen molar-refractivity contribution in [1.82, 2.24) is 9.38 Å². The molecule has 15 heavy (non-hydrogen) atoms. The highest BCUT2D eigenvalue weighted by Crippen LogP contribution is 2.10. The van der Waals surface area contributed by atoms with Crippen molar-refractivity contribution in [3.05, 3.63) is 33.2 Å². The molecule has 0 atom stereocenters. The standard InChI is InChI=1S/C10H11ClN2OS/c1-7-8(3-2-4-11)9(14)13-5-6-15-10(13)12-7/h5-6H,2-4H2,1H3. The third-order valence-corrected chi connectivity index (χ3v) is 3.35. The Morgan fingerprint density at radius 2 is 2.40 bits per heavy atom. The molecule has 0 unspecified atom stereocenters. The van der Waals surface area contributed by atoms with Gasteiger partial charge in [0.15, 0.2) is 4.96 Å². The molecule has 0 aliphatic rings. The third-order valence-electron chi connectivity index (χ3n) is 2.33. The summed E-state index contributed by atoms with van der Waals surface area (Å²) >= 11 is 7.10. The Hall–Kier alpha value is -0.870. The number of aromatic nitrogens is 2. The molecule has 80 valence electrons. The molecule has 0 saturated heterocycles. The van der Waals surface area contributed by atoms with Crippen LogP contribution in [0.2, 0.25) is 0 Å². The van der Waals surface area contributed by atoms with E-state index < -0.39 is 0 Å². The molecule has 0 saturated carbocycles. The summed E-state index contributed by atoms with van der Waals surface area (Å²) in [6, 6.07) is 0. The van der Waals surface area contributed by atoms with Crippen molar-refractivity contribution in [3.63, 3.8) is 0 Å². The van der Waals surface area contributed by atoms with E-state index >= 15 is 0 Å². The third kappa shape index (κ3) is 1.92. The van der Waals surface area contributed by atoms with Crippen LogP contribution in [0.5, 0.6) is 0 Å². The fraction of sp³-hybridized carbons (Fsp3) is 0.400. The molecule has 0 radical (unpaired) electrons. The Morgan fingerprint density at radius 1 is 1.60 bits per heavy atom. The first-order valence-corrected chi connectivity index (χ1v) is 6.16. The van der Waals surface area contributed by atoms with E-state index in [1.165, 1.54) is 11.3 Å². The monoisotopic (exact) mass is 242 g/mol. The Morgan fingerprint density at radius 3 is 3.13 bits per heavy atom. The van der Waals surface area contributed by atoms with Crippen molar-refractivity contribution in [2.75, 3.05) is 5.88 Å². The SMILES string of the molecule is Cc1nc2sccn2c(=O)c1CCCCl. The minimum absolute atomic E-state index is 0.0452. The highest BCUT2D eigenvalue weighted by molar-refractivity contribution is 7.15. The van der Waals surface area contributed by atoms with Gasteiger partial charge in [-0.05, 0) is 19.8 Å². The maximum atomic E-state index is 12.0. The first-order valence-electron chi connectivity index (χ1n) is 4.75. The van der Waals surface area contributed by atoms with Crippen LogP contribution in [-0.4, -0.2) is 15.3 Å². The van der Waals surface area contributed by atoms with Crippen LogP contribution < -0.4 is 5.56 Å². The van der Waals surface area contributed by atoms with E-state index in [1.807, 2.05) is 12.3 Å². The minimum atomic E-state index is 0.0452. The summed E-state index contributed by atoms with van der Waals surface area (Å²) in [7, 11) is 0. The minimum Gasteiger partial charge on any atom is -0.269 e. The van der Waals surface area contributed by atoms with Gasteiger partial charge < -0.3 is 0 Å². The van der Waals surface area contributed by atoms with Gasteiger partial charge in [-0.15, -0.1) is 22.9 Å². The van der Waals surface area contributed by atoms with Gasteiger partial charge in [0.25, 0.3) is 5.56 Å². The van der Waals surface area contributed by atoms with E-state index in [4.69, 9.17) is 11.6 Å². The summed E-state index contributed by atoms with van der Waals surface area (Å²) in [5.41, 5.74) is 1.66. The zero-order valence-electron chi connectivity index (χ0n) is 8.36. The van der Waals surface area contributed by atoms with Crippen molar-refractivity contribution in [2.24, 2.45) is 0 Å². The van der Waals surface area contributed by atoms with Gasteiger partial charge in [-0.3, -0.25) is 9.20 Å². The Balaban J connectivity index is 2.57. The molecule has 2 aromatic rings. The number of halogens is 1. The van der Waals surface area contributed by atoms with Gasteiger partial charge in [-0.25, -0.2) is 4.98 Å². The normalized spacial score (nSPS) is 11.1. The van der Waals surface area contributed by atoms with Crippen LogP contribution in [-0.2, 0) is 6.42 Å². The van der Waals surface area contributed by atoms with Crippen molar-refractivity contribution < 1.29 is 0 Å². The predicted octanol–water partition coefficient (Wildman–Crippen LogP) is 2.24. The van der Waals surface area contributed by atoms with Crippen molar-refractivity contribution in [1.29, 1.82) is 0 Å². The van der Waals surface area contributed by atoms with Crippen LogP contribution in [0, 0.1) is 6.92 Å². The molecular formula is C10H11ClN2OS. The lowest BCUT2D eigenvalue weighted by molar-refractivity contribution is 0.867. The summed E-state index contributed by atoms with van der Waals surface area (Å²) in [6.45, 7) is 1.88. The highest BCUT2D eigenvalue weighted by atomic mass is 35.5. The number of hydrogen-bond acceptors (Lipinski definition) is 3. The van der Waals surface area contributed by atoms with E-state index in [9.17, 15) is 4.79 Å². The summed E-state index contributed by atoms with van der Waals surface area (Å²) in [5, 5.41) is 1.87. The lowest BCUT2D eigenvalue weighted by Crippen LogP contribution is -2.20. The molecule has 0 spiro atoms. The first-order chi connectivity index (χ1) is 7.24. The topological polar surface area (TPSA) is 34.4 Å². The van der Waals surface area contributed by atoms with Gasteiger partial charge >= 0.3 is 0 Å². The van der Waals surface area contributed by atoms with Gasteiger partial charge in [0, 0.05) is 28.7 Å². The molecular weight excluding hydrogens is 232 g/mol. The van der Waals surface area contributed by atoms with Crippen molar-refractivity contribution >= 4 is 27.9 Å². The van der Waals surface area contributed by atoms with E-state index in [0.29, 0.717) is 12.3 Å². The molecule has 0 bridgehead atoms. The number of nitrogens with zero attached hydrogens (tertiary/aromatic N) is 2. The van der Waals surface area contributed by atoms with E-state index in [2.05, 4.69) is 4.98 Å². The van der Waals surface area contributed by atoms with Gasteiger partial charge in [-0.2, -0.15) is 0 Å². The van der Waals surface area contributed by atoms with Crippen molar-refractivity contribution in [3.8, 4) is 0 Å². The number of fused-ring (bicyclic) bond motifs is 1. The van der Waals surface area contributed by atoms with Crippen LogP contribution in [0.4, 0.5) is 0 Å². The molecule has 0 aliphatic carbocycles. The summed E-state index contributed by atoms with van der Waals surface area (Å²) in [5.74, 6) is 0.575. The smallest absolute Gasteiger partial charge is 0.261 e.